The predicted octanol–water partition coefficient (Wildman–Crippen LogP) is 1.42. The zero-order chi connectivity index (χ0) is 18.9. The molecule has 138 valence electrons. The van der Waals surface area contributed by atoms with E-state index in [0.29, 0.717) is 13.1 Å². The highest BCUT2D eigenvalue weighted by atomic mass is 19.1. The van der Waals surface area contributed by atoms with E-state index in [1.54, 1.807) is 11.1 Å². The molecule has 0 atom stereocenters. The van der Waals surface area contributed by atoms with E-state index in [-0.39, 0.29) is 17.7 Å². The molecule has 1 aliphatic heterocycles. The lowest BCUT2D eigenvalue weighted by Gasteiger charge is -2.41. The highest BCUT2D eigenvalue weighted by molar-refractivity contribution is 5.97. The first-order chi connectivity index (χ1) is 12.4. The van der Waals surface area contributed by atoms with Crippen LogP contribution in [-0.2, 0) is 10.3 Å². The van der Waals surface area contributed by atoms with Gasteiger partial charge in [0.15, 0.2) is 11.7 Å². The van der Waals surface area contributed by atoms with Crippen LogP contribution in [-0.4, -0.2) is 46.2 Å². The first-order valence-electron chi connectivity index (χ1n) is 8.41. The quantitative estimate of drug-likeness (QED) is 0.639. The van der Waals surface area contributed by atoms with Crippen molar-refractivity contribution in [2.24, 2.45) is 16.6 Å². The molecule has 3 heterocycles. The zero-order valence-electron chi connectivity index (χ0n) is 15.1. The summed E-state index contributed by atoms with van der Waals surface area (Å²) in [6, 6.07) is 5.75. The van der Waals surface area contributed by atoms with Crippen molar-refractivity contribution in [2.75, 3.05) is 20.1 Å². The molecule has 7 nitrogen and oxygen atoms in total. The van der Waals surface area contributed by atoms with Crippen molar-refractivity contribution in [1.29, 1.82) is 0 Å². The average Bonchev–Trinajstić information content (AvgIpc) is 3.01. The number of nitrogens with one attached hydrogen (secondary N) is 1. The third kappa shape index (κ3) is 3.14. The molecule has 2 aromatic rings. The molecule has 2 aromatic heterocycles. The Balaban J connectivity index is 1.67. The number of aliphatic imine (C=N–C) groups is 1. The summed E-state index contributed by atoms with van der Waals surface area (Å²) in [5, 5.41) is 3.07. The van der Waals surface area contributed by atoms with Gasteiger partial charge in [-0.25, -0.2) is 9.37 Å². The molecule has 26 heavy (non-hydrogen) atoms. The van der Waals surface area contributed by atoms with Crippen LogP contribution in [0.15, 0.2) is 47.6 Å². The van der Waals surface area contributed by atoms with Crippen LogP contribution in [0.1, 0.15) is 19.5 Å². The Morgan fingerprint density at radius 3 is 2.85 bits per heavy atom. The maximum Gasteiger partial charge on any atom is 0.227 e. The van der Waals surface area contributed by atoms with Crippen molar-refractivity contribution in [2.45, 2.75) is 19.4 Å². The molecule has 8 heteroatoms. The molecule has 0 unspecified atom stereocenters. The highest BCUT2D eigenvalue weighted by Crippen LogP contribution is 2.25. The Bertz CT molecular complexity index is 879. The number of halogens is 1. The first kappa shape index (κ1) is 17.9. The molecule has 0 radical (unpaired) electrons. The standard InChI is InChI=1S/C18H23FN6O/c1-18(2,14-9-22-15-6-4-5-7-25(14)15)23-17(26)12-10-24(11-12)16(21-3)13(19)8-20/h4-9,12H,10-11,20H2,1-3H3,(H,23,26). The topological polar surface area (TPSA) is 88.0 Å². The summed E-state index contributed by atoms with van der Waals surface area (Å²) in [6.45, 7) is 4.69. The Morgan fingerprint density at radius 1 is 1.46 bits per heavy atom. The SMILES string of the molecule is CN=C(C(F)=CN)N1CC(C(=O)NC(C)(C)c2cnc3ccccn23)C1. The van der Waals surface area contributed by atoms with Gasteiger partial charge in [0.1, 0.15) is 5.65 Å². The fourth-order valence-corrected chi connectivity index (χ4v) is 3.16. The second-order valence-electron chi connectivity index (χ2n) is 6.85. The van der Waals surface area contributed by atoms with Crippen molar-refractivity contribution >= 4 is 17.4 Å². The van der Waals surface area contributed by atoms with E-state index in [2.05, 4.69) is 15.3 Å². The minimum atomic E-state index is -0.595. The van der Waals surface area contributed by atoms with Gasteiger partial charge in [0.25, 0.3) is 0 Å². The van der Waals surface area contributed by atoms with E-state index in [4.69, 9.17) is 5.73 Å². The molecule has 1 saturated heterocycles. The number of amidine groups is 1. The van der Waals surface area contributed by atoms with Gasteiger partial charge in [0, 0.05) is 32.5 Å². The molecule has 1 fully saturated rings. The van der Waals surface area contributed by atoms with E-state index >= 15 is 0 Å². The van der Waals surface area contributed by atoms with Crippen molar-refractivity contribution in [3.63, 3.8) is 0 Å². The van der Waals surface area contributed by atoms with Crippen molar-refractivity contribution in [3.05, 3.63) is 48.3 Å². The Morgan fingerprint density at radius 2 is 2.19 bits per heavy atom. The number of fused-ring (bicyclic) bond motifs is 1. The van der Waals surface area contributed by atoms with Crippen molar-refractivity contribution in [1.82, 2.24) is 19.6 Å². The van der Waals surface area contributed by atoms with Crippen LogP contribution < -0.4 is 11.1 Å². The van der Waals surface area contributed by atoms with Crippen LogP contribution >= 0.6 is 0 Å². The molecular weight excluding hydrogens is 335 g/mol. The Kier molecular flexibility index (Phi) is 4.67. The van der Waals surface area contributed by atoms with Gasteiger partial charge in [0.2, 0.25) is 5.91 Å². The minimum absolute atomic E-state index is 0.0790. The summed E-state index contributed by atoms with van der Waals surface area (Å²) < 4.78 is 15.6. The Labute approximate surface area is 151 Å². The Hall–Kier alpha value is -2.90. The molecule has 1 aliphatic rings. The molecule has 0 bridgehead atoms. The largest absolute Gasteiger partial charge is 0.402 e. The van der Waals surface area contributed by atoms with Gasteiger partial charge in [-0.2, -0.15) is 0 Å². The van der Waals surface area contributed by atoms with E-state index in [1.165, 1.54) is 7.05 Å². The summed E-state index contributed by atoms with van der Waals surface area (Å²) in [7, 11) is 1.50. The van der Waals surface area contributed by atoms with Gasteiger partial charge in [-0.1, -0.05) is 6.07 Å². The van der Waals surface area contributed by atoms with Gasteiger partial charge < -0.3 is 20.4 Å². The monoisotopic (exact) mass is 358 g/mol. The summed E-state index contributed by atoms with van der Waals surface area (Å²) in [5.74, 6) is -0.712. The van der Waals surface area contributed by atoms with Crippen LogP contribution in [0.2, 0.25) is 0 Å². The van der Waals surface area contributed by atoms with E-state index in [1.807, 2.05) is 42.6 Å². The van der Waals surface area contributed by atoms with E-state index in [9.17, 15) is 9.18 Å². The van der Waals surface area contributed by atoms with Crippen molar-refractivity contribution in [3.8, 4) is 0 Å². The number of amides is 1. The second kappa shape index (κ2) is 6.78. The number of nitrogens with two attached hydrogens (primary N) is 1. The number of likely N-dealkylation sites (tertiary alicyclic amines) is 1. The van der Waals surface area contributed by atoms with Crippen LogP contribution in [0.5, 0.6) is 0 Å². The third-order valence-electron chi connectivity index (χ3n) is 4.62. The number of hydrogen-bond acceptors (Lipinski definition) is 4. The number of hydrogen-bond donors (Lipinski definition) is 2. The third-order valence-corrected chi connectivity index (χ3v) is 4.62. The van der Waals surface area contributed by atoms with Crippen LogP contribution in [0.3, 0.4) is 0 Å². The number of carbonyl (C=O) groups excluding carboxylic acids is 1. The molecule has 1 amide bonds. The molecule has 0 aromatic carbocycles. The van der Waals surface area contributed by atoms with Crippen LogP contribution in [0.25, 0.3) is 5.65 Å². The summed E-state index contributed by atoms with van der Waals surface area (Å²) in [4.78, 5) is 22.6. The molecule has 0 spiro atoms. The summed E-state index contributed by atoms with van der Waals surface area (Å²) in [5.41, 5.74) is 6.34. The van der Waals surface area contributed by atoms with Gasteiger partial charge in [-0.3, -0.25) is 9.79 Å². The first-order valence-corrected chi connectivity index (χ1v) is 8.41. The second-order valence-corrected chi connectivity index (χ2v) is 6.85. The number of nitrogens with zero attached hydrogens (tertiary/aromatic N) is 4. The molecule has 0 aliphatic carbocycles. The van der Waals surface area contributed by atoms with Gasteiger partial charge >= 0.3 is 0 Å². The highest BCUT2D eigenvalue weighted by Gasteiger charge is 2.38. The number of pyridine rings is 1. The number of carbonyl (C=O) groups is 1. The number of aromatic nitrogens is 2. The molecule has 3 rings (SSSR count). The van der Waals surface area contributed by atoms with Gasteiger partial charge in [0.05, 0.1) is 23.3 Å². The normalized spacial score (nSPS) is 16.7. The summed E-state index contributed by atoms with van der Waals surface area (Å²) in [6.07, 6.45) is 4.57. The average molecular weight is 358 g/mol. The lowest BCUT2D eigenvalue weighted by Crippen LogP contribution is -2.58. The maximum absolute atomic E-state index is 13.7. The lowest BCUT2D eigenvalue weighted by molar-refractivity contribution is -0.130. The van der Waals surface area contributed by atoms with E-state index < -0.39 is 11.4 Å². The molecular formula is C18H23FN6O. The minimum Gasteiger partial charge on any atom is -0.402 e. The van der Waals surface area contributed by atoms with Gasteiger partial charge in [-0.05, 0) is 26.0 Å². The molecule has 0 saturated carbocycles. The van der Waals surface area contributed by atoms with Crippen molar-refractivity contribution < 1.29 is 9.18 Å². The molecule has 3 N–H and O–H groups in total. The predicted molar refractivity (Wildman–Crippen MR) is 98.2 cm³/mol. The van der Waals surface area contributed by atoms with E-state index in [0.717, 1.165) is 17.5 Å². The van der Waals surface area contributed by atoms with Gasteiger partial charge in [-0.15, -0.1) is 0 Å². The fourth-order valence-electron chi connectivity index (χ4n) is 3.16. The lowest BCUT2D eigenvalue weighted by atomic mass is 9.95. The maximum atomic E-state index is 13.7. The number of imidazole rings is 1. The number of rotatable bonds is 4. The fraction of sp³-hybridized carbons (Fsp3) is 0.389. The van der Waals surface area contributed by atoms with Crippen LogP contribution in [0, 0.1) is 5.92 Å². The van der Waals surface area contributed by atoms with Crippen LogP contribution in [0.4, 0.5) is 4.39 Å². The summed E-state index contributed by atoms with van der Waals surface area (Å²) >= 11 is 0. The smallest absolute Gasteiger partial charge is 0.227 e. The zero-order valence-corrected chi connectivity index (χ0v) is 15.1.